The molecular weight excluding hydrogens is 402 g/mol. The smallest absolute Gasteiger partial charge is 0.273 e. The largest absolute Gasteiger partial charge is 0.375 e. The van der Waals surface area contributed by atoms with Gasteiger partial charge in [-0.05, 0) is 45.4 Å². The van der Waals surface area contributed by atoms with E-state index in [1.165, 1.54) is 0 Å². The van der Waals surface area contributed by atoms with Crippen LogP contribution < -0.4 is 10.2 Å². The lowest BCUT2D eigenvalue weighted by Gasteiger charge is -2.30. The molecule has 1 N–H and O–H groups in total. The Morgan fingerprint density at radius 3 is 2.67 bits per heavy atom. The van der Waals surface area contributed by atoms with E-state index in [9.17, 15) is 4.79 Å². The van der Waals surface area contributed by atoms with Crippen molar-refractivity contribution in [3.05, 3.63) is 46.7 Å². The first-order valence-corrected chi connectivity index (χ1v) is 10.7. The van der Waals surface area contributed by atoms with Gasteiger partial charge in [0.25, 0.3) is 5.91 Å². The topological polar surface area (TPSA) is 93.4 Å². The first-order valence-electron chi connectivity index (χ1n) is 9.92. The number of nitrogens with one attached hydrogen (secondary N) is 1. The van der Waals surface area contributed by atoms with E-state index < -0.39 is 0 Å². The van der Waals surface area contributed by atoms with Crippen molar-refractivity contribution in [2.75, 3.05) is 24.6 Å². The van der Waals surface area contributed by atoms with Crippen molar-refractivity contribution in [3.63, 3.8) is 0 Å². The van der Waals surface area contributed by atoms with E-state index in [-0.39, 0.29) is 17.7 Å². The third-order valence-electron chi connectivity index (χ3n) is 4.82. The third-order valence-corrected chi connectivity index (χ3v) is 6.03. The Morgan fingerprint density at radius 2 is 2.00 bits per heavy atom. The Bertz CT molecular complexity index is 1040. The Hall–Kier alpha value is -2.78. The van der Waals surface area contributed by atoms with Crippen molar-refractivity contribution in [1.82, 2.24) is 20.4 Å². The number of hydrogen-bond donors (Lipinski definition) is 1. The molecule has 3 aromatic heterocycles. The van der Waals surface area contributed by atoms with Crippen molar-refractivity contribution >= 4 is 22.4 Å². The molecule has 1 aliphatic rings. The molecule has 30 heavy (non-hydrogen) atoms. The van der Waals surface area contributed by atoms with Crippen LogP contribution in [0.5, 0.6) is 0 Å². The number of carbonyl (C=O) groups is 1. The summed E-state index contributed by atoms with van der Waals surface area (Å²) in [5, 5.41) is 7.64. The maximum Gasteiger partial charge on any atom is 0.273 e. The normalized spacial score (nSPS) is 16.7. The zero-order chi connectivity index (χ0) is 21.3. The van der Waals surface area contributed by atoms with E-state index in [2.05, 4.69) is 39.4 Å². The summed E-state index contributed by atoms with van der Waals surface area (Å²) in [6, 6.07) is 5.73. The molecule has 0 spiro atoms. The molecule has 3 aromatic rings. The fourth-order valence-electron chi connectivity index (χ4n) is 3.51. The fourth-order valence-corrected chi connectivity index (χ4v) is 4.61. The molecule has 0 radical (unpaired) electrons. The van der Waals surface area contributed by atoms with Crippen LogP contribution in [0.3, 0.4) is 0 Å². The van der Waals surface area contributed by atoms with Gasteiger partial charge in [-0.3, -0.25) is 9.78 Å². The second kappa shape index (κ2) is 8.53. The number of amides is 1. The number of morpholine rings is 1. The molecule has 0 unspecified atom stereocenters. The van der Waals surface area contributed by atoms with Gasteiger partial charge in [-0.2, -0.15) is 0 Å². The molecule has 1 atom stereocenters. The highest BCUT2D eigenvalue weighted by Crippen LogP contribution is 2.36. The quantitative estimate of drug-likeness (QED) is 0.668. The van der Waals surface area contributed by atoms with Crippen LogP contribution in [0.4, 0.5) is 5.13 Å². The van der Waals surface area contributed by atoms with Crippen LogP contribution in [0.15, 0.2) is 22.7 Å². The summed E-state index contributed by atoms with van der Waals surface area (Å²) in [4.78, 5) is 25.1. The molecule has 0 aliphatic carbocycles. The van der Waals surface area contributed by atoms with Gasteiger partial charge in [-0.15, -0.1) is 0 Å². The van der Waals surface area contributed by atoms with Crippen LogP contribution in [0.25, 0.3) is 10.4 Å². The monoisotopic (exact) mass is 427 g/mol. The Kier molecular flexibility index (Phi) is 5.83. The van der Waals surface area contributed by atoms with Crippen molar-refractivity contribution in [2.45, 2.75) is 40.3 Å². The number of nitrogens with zero attached hydrogens (tertiary/aromatic N) is 4. The van der Waals surface area contributed by atoms with Gasteiger partial charge in [0, 0.05) is 30.5 Å². The van der Waals surface area contributed by atoms with Crippen LogP contribution in [-0.4, -0.2) is 46.8 Å². The van der Waals surface area contributed by atoms with Crippen LogP contribution >= 0.6 is 11.3 Å². The second-order valence-corrected chi connectivity index (χ2v) is 8.52. The number of ether oxygens (including phenoxy) is 1. The number of aryl methyl sites for hydroxylation is 3. The number of hydrogen-bond acceptors (Lipinski definition) is 8. The van der Waals surface area contributed by atoms with Gasteiger partial charge in [0.2, 0.25) is 0 Å². The zero-order valence-electron chi connectivity index (χ0n) is 17.6. The number of anilines is 1. The molecule has 9 heteroatoms. The maximum absolute atomic E-state index is 12.4. The minimum atomic E-state index is -0.283. The second-order valence-electron chi connectivity index (χ2n) is 7.54. The first-order chi connectivity index (χ1) is 14.4. The van der Waals surface area contributed by atoms with Gasteiger partial charge in [0.15, 0.2) is 10.8 Å². The lowest BCUT2D eigenvalue weighted by atomic mass is 10.1. The summed E-state index contributed by atoms with van der Waals surface area (Å²) in [5.74, 6) is 0.315. The molecule has 4 rings (SSSR count). The number of aromatic nitrogens is 3. The summed E-state index contributed by atoms with van der Waals surface area (Å²) in [6.07, 6.45) is 0.162. The average Bonchev–Trinajstić information content (AvgIpc) is 3.32. The van der Waals surface area contributed by atoms with Gasteiger partial charge in [-0.25, -0.2) is 4.98 Å². The number of pyridine rings is 1. The molecular formula is C21H25N5O3S. The minimum absolute atomic E-state index is 0.162. The molecule has 4 heterocycles. The number of carbonyl (C=O) groups excluding carboxylic acids is 1. The Balaban J connectivity index is 1.63. The van der Waals surface area contributed by atoms with E-state index in [0.717, 1.165) is 45.7 Å². The van der Waals surface area contributed by atoms with E-state index in [1.54, 1.807) is 24.3 Å². The van der Waals surface area contributed by atoms with Crippen molar-refractivity contribution < 1.29 is 14.1 Å². The van der Waals surface area contributed by atoms with Crippen LogP contribution in [0, 0.1) is 20.8 Å². The van der Waals surface area contributed by atoms with E-state index in [0.29, 0.717) is 18.9 Å². The van der Waals surface area contributed by atoms with E-state index in [4.69, 9.17) is 14.2 Å². The van der Waals surface area contributed by atoms with Gasteiger partial charge in [0.1, 0.15) is 5.76 Å². The van der Waals surface area contributed by atoms with Crippen LogP contribution in [0.1, 0.15) is 40.3 Å². The van der Waals surface area contributed by atoms with Crippen molar-refractivity contribution in [3.8, 4) is 10.4 Å². The maximum atomic E-state index is 12.4. The zero-order valence-corrected chi connectivity index (χ0v) is 18.4. The van der Waals surface area contributed by atoms with Crippen LogP contribution in [0.2, 0.25) is 0 Å². The molecule has 1 aliphatic heterocycles. The first kappa shape index (κ1) is 20.5. The van der Waals surface area contributed by atoms with Crippen molar-refractivity contribution in [1.29, 1.82) is 0 Å². The summed E-state index contributed by atoms with van der Waals surface area (Å²) in [6.45, 7) is 10.4. The predicted molar refractivity (Wildman–Crippen MR) is 115 cm³/mol. The van der Waals surface area contributed by atoms with Gasteiger partial charge < -0.3 is 19.5 Å². The number of thiazole rings is 1. The van der Waals surface area contributed by atoms with Crippen LogP contribution in [-0.2, 0) is 11.3 Å². The lowest BCUT2D eigenvalue weighted by molar-refractivity contribution is 0.0532. The highest BCUT2D eigenvalue weighted by molar-refractivity contribution is 7.19. The standard InChI is InChI=1S/C21H25N5O3S/c1-12-7-16(8-13(2)23-12)19-18(10-22-20(27)17-9-14(3)29-25-17)24-21(30-19)26-5-6-28-15(4)11-26/h7-9,15H,5-6,10-11H2,1-4H3,(H,22,27)/t15-/m0/s1. The van der Waals surface area contributed by atoms with Crippen molar-refractivity contribution in [2.24, 2.45) is 0 Å². The SMILES string of the molecule is Cc1cc(-c2sc(N3CCO[C@@H](C)C3)nc2CNC(=O)c2cc(C)on2)cc(C)n1. The summed E-state index contributed by atoms with van der Waals surface area (Å²) in [5.41, 5.74) is 4.06. The van der Waals surface area contributed by atoms with Gasteiger partial charge in [0.05, 0.1) is 29.8 Å². The molecule has 8 nitrogen and oxygen atoms in total. The Morgan fingerprint density at radius 1 is 1.23 bits per heavy atom. The molecule has 158 valence electrons. The third kappa shape index (κ3) is 4.52. The minimum Gasteiger partial charge on any atom is -0.375 e. The molecule has 1 amide bonds. The fraction of sp³-hybridized carbons (Fsp3) is 0.429. The molecule has 0 saturated carbocycles. The summed E-state index contributed by atoms with van der Waals surface area (Å²) >= 11 is 1.64. The highest BCUT2D eigenvalue weighted by atomic mass is 32.1. The summed E-state index contributed by atoms with van der Waals surface area (Å²) in [7, 11) is 0. The van der Waals surface area contributed by atoms with Gasteiger partial charge >= 0.3 is 0 Å². The number of rotatable bonds is 5. The Labute approximate surface area is 179 Å². The van der Waals surface area contributed by atoms with E-state index in [1.807, 2.05) is 13.8 Å². The van der Waals surface area contributed by atoms with E-state index >= 15 is 0 Å². The molecule has 1 fully saturated rings. The molecule has 0 bridgehead atoms. The van der Waals surface area contributed by atoms with Gasteiger partial charge in [-0.1, -0.05) is 16.5 Å². The molecule has 1 saturated heterocycles. The molecule has 0 aromatic carbocycles. The lowest BCUT2D eigenvalue weighted by Crippen LogP contribution is -2.41. The highest BCUT2D eigenvalue weighted by Gasteiger charge is 2.23. The summed E-state index contributed by atoms with van der Waals surface area (Å²) < 4.78 is 10.7. The predicted octanol–water partition coefficient (Wildman–Crippen LogP) is 3.27. The average molecular weight is 428 g/mol.